The first-order valence-electron chi connectivity index (χ1n) is 4.49. The van der Waals surface area contributed by atoms with Crippen LogP contribution in [0.3, 0.4) is 0 Å². The highest BCUT2D eigenvalue weighted by molar-refractivity contribution is 7.80. The standard InChI is InChI=1S/C10H14N4S/c1-6-4-3-5-7(2)8(6)13-10(15)14-9(11)12/h3-5H,1-2H3,(H5,11,12,13,14,15). The fourth-order valence-corrected chi connectivity index (χ4v) is 1.49. The number of hydrogen-bond donors (Lipinski definition) is 4. The van der Waals surface area contributed by atoms with Crippen molar-refractivity contribution < 1.29 is 0 Å². The molecule has 5 N–H and O–H groups in total. The van der Waals surface area contributed by atoms with Gasteiger partial charge in [-0.15, -0.1) is 0 Å². The van der Waals surface area contributed by atoms with Crippen LogP contribution in [0.5, 0.6) is 0 Å². The normalized spacial score (nSPS) is 9.47. The van der Waals surface area contributed by atoms with Crippen LogP contribution in [0, 0.1) is 19.3 Å². The largest absolute Gasteiger partial charge is 0.370 e. The fraction of sp³-hybridized carbons (Fsp3) is 0.200. The van der Waals surface area contributed by atoms with Gasteiger partial charge in [0.15, 0.2) is 11.1 Å². The minimum atomic E-state index is -0.168. The number of guanidine groups is 1. The molecule has 0 spiro atoms. The van der Waals surface area contributed by atoms with Gasteiger partial charge in [0.05, 0.1) is 0 Å². The Hall–Kier alpha value is -1.62. The van der Waals surface area contributed by atoms with Gasteiger partial charge >= 0.3 is 0 Å². The third-order valence-corrected chi connectivity index (χ3v) is 2.17. The zero-order chi connectivity index (χ0) is 11.4. The molecular weight excluding hydrogens is 208 g/mol. The van der Waals surface area contributed by atoms with Crippen LogP contribution in [0.25, 0.3) is 0 Å². The highest BCUT2D eigenvalue weighted by Gasteiger charge is 2.03. The summed E-state index contributed by atoms with van der Waals surface area (Å²) in [5.41, 5.74) is 8.32. The predicted molar refractivity (Wildman–Crippen MR) is 67.2 cm³/mol. The molecule has 5 heteroatoms. The van der Waals surface area contributed by atoms with Gasteiger partial charge in [0, 0.05) is 5.69 Å². The molecule has 0 aliphatic rings. The van der Waals surface area contributed by atoms with Crippen LogP contribution in [0.15, 0.2) is 18.2 Å². The van der Waals surface area contributed by atoms with Crippen molar-refractivity contribution in [3.8, 4) is 0 Å². The maximum Gasteiger partial charge on any atom is 0.192 e. The third-order valence-electron chi connectivity index (χ3n) is 1.97. The number of thiocarbonyl (C=S) groups is 1. The number of para-hydroxylation sites is 1. The molecular formula is C10H14N4S. The molecule has 0 amide bonds. The van der Waals surface area contributed by atoms with E-state index >= 15 is 0 Å². The van der Waals surface area contributed by atoms with Gasteiger partial charge in [-0.2, -0.15) is 0 Å². The lowest BCUT2D eigenvalue weighted by molar-refractivity contribution is 1.25. The Kier molecular flexibility index (Phi) is 3.62. The Morgan fingerprint density at radius 1 is 1.33 bits per heavy atom. The van der Waals surface area contributed by atoms with Gasteiger partial charge in [-0.1, -0.05) is 18.2 Å². The van der Waals surface area contributed by atoms with Gasteiger partial charge < -0.3 is 16.4 Å². The molecule has 1 aromatic rings. The van der Waals surface area contributed by atoms with Crippen molar-refractivity contribution >= 4 is 29.0 Å². The second-order valence-electron chi connectivity index (χ2n) is 3.26. The lowest BCUT2D eigenvalue weighted by Gasteiger charge is -2.13. The van der Waals surface area contributed by atoms with Crippen molar-refractivity contribution in [1.29, 1.82) is 5.41 Å². The Morgan fingerprint density at radius 3 is 2.33 bits per heavy atom. The molecule has 1 rings (SSSR count). The van der Waals surface area contributed by atoms with Crippen molar-refractivity contribution in [2.45, 2.75) is 13.8 Å². The fourth-order valence-electron chi connectivity index (χ4n) is 1.28. The number of benzene rings is 1. The van der Waals surface area contributed by atoms with E-state index < -0.39 is 0 Å². The van der Waals surface area contributed by atoms with E-state index in [0.717, 1.165) is 16.8 Å². The average molecular weight is 222 g/mol. The summed E-state index contributed by atoms with van der Waals surface area (Å²) in [6, 6.07) is 5.97. The summed E-state index contributed by atoms with van der Waals surface area (Å²) in [5, 5.41) is 12.9. The molecule has 0 aromatic heterocycles. The average Bonchev–Trinajstić information content (AvgIpc) is 2.10. The van der Waals surface area contributed by atoms with E-state index in [0.29, 0.717) is 5.11 Å². The molecule has 0 saturated heterocycles. The Labute approximate surface area is 94.4 Å². The van der Waals surface area contributed by atoms with Crippen LogP contribution in [-0.2, 0) is 0 Å². The minimum Gasteiger partial charge on any atom is -0.370 e. The smallest absolute Gasteiger partial charge is 0.192 e. The molecule has 0 bridgehead atoms. The summed E-state index contributed by atoms with van der Waals surface area (Å²) >= 11 is 4.99. The molecule has 1 aromatic carbocycles. The van der Waals surface area contributed by atoms with Gasteiger partial charge in [-0.25, -0.2) is 0 Å². The van der Waals surface area contributed by atoms with Gasteiger partial charge in [0.25, 0.3) is 0 Å². The number of nitrogens with two attached hydrogens (primary N) is 1. The second-order valence-corrected chi connectivity index (χ2v) is 3.67. The van der Waals surface area contributed by atoms with Gasteiger partial charge in [-0.05, 0) is 37.2 Å². The van der Waals surface area contributed by atoms with Gasteiger partial charge in [-0.3, -0.25) is 5.41 Å². The number of hydrogen-bond acceptors (Lipinski definition) is 2. The first kappa shape index (κ1) is 11.5. The maximum atomic E-state index is 7.04. The molecule has 0 radical (unpaired) electrons. The first-order chi connectivity index (χ1) is 7.00. The van der Waals surface area contributed by atoms with E-state index in [2.05, 4.69) is 10.6 Å². The topological polar surface area (TPSA) is 73.9 Å². The molecule has 0 atom stereocenters. The van der Waals surface area contributed by atoms with Crippen molar-refractivity contribution in [3.63, 3.8) is 0 Å². The highest BCUT2D eigenvalue weighted by Crippen LogP contribution is 2.18. The zero-order valence-corrected chi connectivity index (χ0v) is 9.53. The molecule has 15 heavy (non-hydrogen) atoms. The van der Waals surface area contributed by atoms with Crippen molar-refractivity contribution in [2.75, 3.05) is 5.32 Å². The van der Waals surface area contributed by atoms with Crippen LogP contribution in [0.1, 0.15) is 11.1 Å². The van der Waals surface area contributed by atoms with Gasteiger partial charge in [0.2, 0.25) is 0 Å². The SMILES string of the molecule is Cc1cccc(C)c1NC(=S)NC(=N)N. The predicted octanol–water partition coefficient (Wildman–Crippen LogP) is 1.48. The van der Waals surface area contributed by atoms with E-state index in [1.165, 1.54) is 0 Å². The minimum absolute atomic E-state index is 0.168. The summed E-state index contributed by atoms with van der Waals surface area (Å²) in [6.07, 6.45) is 0. The van der Waals surface area contributed by atoms with E-state index in [1.807, 2.05) is 32.0 Å². The van der Waals surface area contributed by atoms with Crippen molar-refractivity contribution in [3.05, 3.63) is 29.3 Å². The number of anilines is 1. The summed E-state index contributed by atoms with van der Waals surface area (Å²) < 4.78 is 0. The maximum absolute atomic E-state index is 7.04. The van der Waals surface area contributed by atoms with Crippen LogP contribution in [-0.4, -0.2) is 11.1 Å². The van der Waals surface area contributed by atoms with E-state index in [-0.39, 0.29) is 5.96 Å². The molecule has 0 heterocycles. The lowest BCUT2D eigenvalue weighted by atomic mass is 10.1. The van der Waals surface area contributed by atoms with Crippen LogP contribution < -0.4 is 16.4 Å². The van der Waals surface area contributed by atoms with Crippen LogP contribution >= 0.6 is 12.2 Å². The highest BCUT2D eigenvalue weighted by atomic mass is 32.1. The van der Waals surface area contributed by atoms with E-state index in [4.69, 9.17) is 23.4 Å². The Morgan fingerprint density at radius 2 is 1.87 bits per heavy atom. The number of nitrogens with one attached hydrogen (secondary N) is 3. The molecule has 80 valence electrons. The monoisotopic (exact) mass is 222 g/mol. The summed E-state index contributed by atoms with van der Waals surface area (Å²) in [7, 11) is 0. The van der Waals surface area contributed by atoms with Crippen LogP contribution in [0.2, 0.25) is 0 Å². The summed E-state index contributed by atoms with van der Waals surface area (Å²) in [4.78, 5) is 0. The van der Waals surface area contributed by atoms with Crippen molar-refractivity contribution in [2.24, 2.45) is 5.73 Å². The molecule has 0 aliphatic heterocycles. The van der Waals surface area contributed by atoms with Gasteiger partial charge in [0.1, 0.15) is 0 Å². The quantitative estimate of drug-likeness (QED) is 0.330. The molecule has 0 saturated carbocycles. The Balaban J connectivity index is 2.80. The third kappa shape index (κ3) is 3.21. The summed E-state index contributed by atoms with van der Waals surface area (Å²) in [5.74, 6) is -0.168. The Bertz CT molecular complexity index is 380. The second kappa shape index (κ2) is 4.75. The van der Waals surface area contributed by atoms with Crippen LogP contribution in [0.4, 0.5) is 5.69 Å². The molecule has 0 fully saturated rings. The zero-order valence-electron chi connectivity index (χ0n) is 8.72. The summed E-state index contributed by atoms with van der Waals surface area (Å²) in [6.45, 7) is 3.98. The number of rotatable bonds is 1. The van der Waals surface area contributed by atoms with Crippen molar-refractivity contribution in [1.82, 2.24) is 5.32 Å². The molecule has 4 nitrogen and oxygen atoms in total. The molecule has 0 aliphatic carbocycles. The van der Waals surface area contributed by atoms with E-state index in [9.17, 15) is 0 Å². The number of aryl methyl sites for hydroxylation is 2. The lowest BCUT2D eigenvalue weighted by Crippen LogP contribution is -2.38. The van der Waals surface area contributed by atoms with E-state index in [1.54, 1.807) is 0 Å². The first-order valence-corrected chi connectivity index (χ1v) is 4.90. The molecule has 0 unspecified atom stereocenters.